The Balaban J connectivity index is 1.41. The molecule has 0 unspecified atom stereocenters. The SMILES string of the molecule is Cc1cc2c(cc1CC(=O)c1sccc1S(=O)(=O)Nc1ccc3nsnc3c1)OCO2. The van der Waals surface area contributed by atoms with Gasteiger partial charge >= 0.3 is 0 Å². The van der Waals surface area contributed by atoms with Gasteiger partial charge in [-0.2, -0.15) is 8.75 Å². The first-order chi connectivity index (χ1) is 14.9. The smallest absolute Gasteiger partial charge is 0.263 e. The van der Waals surface area contributed by atoms with Crippen LogP contribution in [0.4, 0.5) is 5.69 Å². The second-order valence-corrected chi connectivity index (χ2v) is 10.0. The number of carbonyl (C=O) groups excluding carboxylic acids is 1. The average Bonchev–Trinajstić information content (AvgIpc) is 3.47. The first-order valence-corrected chi connectivity index (χ1v) is 12.2. The van der Waals surface area contributed by atoms with Crippen molar-refractivity contribution in [1.29, 1.82) is 0 Å². The molecule has 0 saturated heterocycles. The lowest BCUT2D eigenvalue weighted by Gasteiger charge is -2.10. The lowest BCUT2D eigenvalue weighted by Crippen LogP contribution is -2.16. The number of hydrogen-bond donors (Lipinski definition) is 1. The molecule has 0 fully saturated rings. The minimum Gasteiger partial charge on any atom is -0.454 e. The predicted molar refractivity (Wildman–Crippen MR) is 118 cm³/mol. The van der Waals surface area contributed by atoms with Crippen LogP contribution in [0.5, 0.6) is 11.5 Å². The van der Waals surface area contributed by atoms with Crippen LogP contribution < -0.4 is 14.2 Å². The van der Waals surface area contributed by atoms with Crippen molar-refractivity contribution in [2.24, 2.45) is 0 Å². The molecule has 2 aromatic heterocycles. The summed E-state index contributed by atoms with van der Waals surface area (Å²) < 4.78 is 47.5. The van der Waals surface area contributed by atoms with Crippen LogP contribution in [0, 0.1) is 6.92 Å². The molecule has 8 nitrogen and oxygen atoms in total. The molecule has 0 saturated carbocycles. The molecule has 3 heterocycles. The van der Waals surface area contributed by atoms with E-state index in [0.29, 0.717) is 28.2 Å². The van der Waals surface area contributed by atoms with E-state index in [1.165, 1.54) is 6.07 Å². The van der Waals surface area contributed by atoms with Crippen molar-refractivity contribution in [3.05, 3.63) is 57.8 Å². The van der Waals surface area contributed by atoms with Gasteiger partial charge in [-0.3, -0.25) is 9.52 Å². The summed E-state index contributed by atoms with van der Waals surface area (Å²) in [4.78, 5) is 13.2. The number of sulfonamides is 1. The molecular formula is C20H15N3O5S3. The molecule has 1 aliphatic heterocycles. The number of ether oxygens (including phenoxy) is 2. The molecule has 158 valence electrons. The maximum absolute atomic E-state index is 13.0. The molecule has 2 aromatic carbocycles. The van der Waals surface area contributed by atoms with E-state index in [2.05, 4.69) is 13.5 Å². The van der Waals surface area contributed by atoms with Crippen molar-refractivity contribution < 1.29 is 22.7 Å². The fraction of sp³-hybridized carbons (Fsp3) is 0.150. The lowest BCUT2D eigenvalue weighted by molar-refractivity contribution is 0.0994. The molecule has 0 aliphatic carbocycles. The fourth-order valence-electron chi connectivity index (χ4n) is 3.30. The van der Waals surface area contributed by atoms with Crippen LogP contribution in [-0.4, -0.2) is 29.7 Å². The van der Waals surface area contributed by atoms with Crippen molar-refractivity contribution >= 4 is 55.6 Å². The van der Waals surface area contributed by atoms with Crippen LogP contribution >= 0.6 is 23.1 Å². The van der Waals surface area contributed by atoms with Crippen molar-refractivity contribution in [2.45, 2.75) is 18.2 Å². The minimum absolute atomic E-state index is 0.0441. The second kappa shape index (κ2) is 7.59. The van der Waals surface area contributed by atoms with Crippen LogP contribution in [0.1, 0.15) is 20.8 Å². The van der Waals surface area contributed by atoms with Crippen molar-refractivity contribution in [3.63, 3.8) is 0 Å². The second-order valence-electron chi connectivity index (χ2n) is 6.92. The maximum atomic E-state index is 13.0. The number of carbonyl (C=O) groups is 1. The quantitative estimate of drug-likeness (QED) is 0.422. The van der Waals surface area contributed by atoms with Gasteiger partial charge in [0.05, 0.1) is 22.3 Å². The molecule has 0 amide bonds. The van der Waals surface area contributed by atoms with Gasteiger partial charge in [-0.1, -0.05) is 0 Å². The van der Waals surface area contributed by atoms with Crippen molar-refractivity contribution in [2.75, 3.05) is 11.5 Å². The maximum Gasteiger partial charge on any atom is 0.263 e. The van der Waals surface area contributed by atoms with Gasteiger partial charge in [-0.15, -0.1) is 11.3 Å². The zero-order valence-electron chi connectivity index (χ0n) is 16.1. The van der Waals surface area contributed by atoms with Gasteiger partial charge in [0.2, 0.25) is 6.79 Å². The number of thiophene rings is 1. The third-order valence-corrected chi connectivity index (χ3v) is 7.93. The molecule has 0 spiro atoms. The summed E-state index contributed by atoms with van der Waals surface area (Å²) >= 11 is 2.16. The van der Waals surface area contributed by atoms with E-state index in [-0.39, 0.29) is 28.8 Å². The number of benzene rings is 2. The third-order valence-electron chi connectivity index (χ3n) is 4.86. The number of nitrogens with one attached hydrogen (secondary N) is 1. The largest absolute Gasteiger partial charge is 0.454 e. The summed E-state index contributed by atoms with van der Waals surface area (Å²) in [5.74, 6) is 0.946. The van der Waals surface area contributed by atoms with E-state index < -0.39 is 10.0 Å². The van der Waals surface area contributed by atoms with Crippen LogP contribution in [-0.2, 0) is 16.4 Å². The van der Waals surface area contributed by atoms with E-state index in [0.717, 1.165) is 34.2 Å². The third kappa shape index (κ3) is 3.75. The first-order valence-electron chi connectivity index (χ1n) is 9.16. The van der Waals surface area contributed by atoms with Gasteiger partial charge in [0.15, 0.2) is 17.3 Å². The minimum atomic E-state index is -3.96. The lowest BCUT2D eigenvalue weighted by atomic mass is 10.0. The summed E-state index contributed by atoms with van der Waals surface area (Å²) in [5, 5.41) is 1.60. The molecular weight excluding hydrogens is 458 g/mol. The molecule has 1 N–H and O–H groups in total. The first kappa shape index (κ1) is 19.9. The monoisotopic (exact) mass is 473 g/mol. The van der Waals surface area contributed by atoms with E-state index in [1.807, 2.05) is 13.0 Å². The number of nitrogens with zero attached hydrogens (tertiary/aromatic N) is 2. The highest BCUT2D eigenvalue weighted by Crippen LogP contribution is 2.35. The number of rotatable bonds is 6. The summed E-state index contributed by atoms with van der Waals surface area (Å²) in [6.07, 6.45) is 0.0575. The Morgan fingerprint density at radius 3 is 2.71 bits per heavy atom. The highest BCUT2D eigenvalue weighted by molar-refractivity contribution is 7.93. The predicted octanol–water partition coefficient (Wildman–Crippen LogP) is 4.02. The summed E-state index contributed by atoms with van der Waals surface area (Å²) in [7, 11) is -3.96. The Hall–Kier alpha value is -3.02. The topological polar surface area (TPSA) is 107 Å². The number of aromatic nitrogens is 2. The van der Waals surface area contributed by atoms with E-state index in [1.54, 1.807) is 29.6 Å². The molecule has 11 heteroatoms. The van der Waals surface area contributed by atoms with Crippen molar-refractivity contribution in [1.82, 2.24) is 8.75 Å². The van der Waals surface area contributed by atoms with E-state index >= 15 is 0 Å². The highest BCUT2D eigenvalue weighted by atomic mass is 32.2. The molecule has 0 atom stereocenters. The average molecular weight is 474 g/mol. The Morgan fingerprint density at radius 1 is 1.10 bits per heavy atom. The van der Waals surface area contributed by atoms with E-state index in [4.69, 9.17) is 9.47 Å². The molecule has 0 bridgehead atoms. The Bertz CT molecular complexity index is 1430. The molecule has 0 radical (unpaired) electrons. The molecule has 31 heavy (non-hydrogen) atoms. The zero-order valence-corrected chi connectivity index (χ0v) is 18.6. The van der Waals surface area contributed by atoms with E-state index in [9.17, 15) is 13.2 Å². The van der Waals surface area contributed by atoms with Crippen molar-refractivity contribution in [3.8, 4) is 11.5 Å². The standard InChI is InChI=1S/C20H15N3O5S3/c1-11-6-17-18(28-10-27-17)8-12(11)7-16(24)20-19(4-5-29-20)31(25,26)23-13-2-3-14-15(9-13)22-30-21-14/h2-6,8-9,23H,7,10H2,1H3. The summed E-state index contributed by atoms with van der Waals surface area (Å²) in [5.41, 5.74) is 3.29. The van der Waals surface area contributed by atoms with Gasteiger partial charge in [-0.25, -0.2) is 8.42 Å². The zero-order chi connectivity index (χ0) is 21.6. The number of aryl methyl sites for hydroxylation is 1. The number of anilines is 1. The van der Waals surface area contributed by atoms with Gasteiger partial charge in [0.1, 0.15) is 15.9 Å². The number of Topliss-reactive ketones (excluding diaryl/α,β-unsaturated/α-hetero) is 1. The van der Waals surface area contributed by atoms with Gasteiger partial charge in [0.25, 0.3) is 10.0 Å². The Kier molecular flexibility index (Phi) is 4.88. The number of hydrogen-bond acceptors (Lipinski definition) is 9. The fourth-order valence-corrected chi connectivity index (χ4v) is 6.25. The van der Waals surface area contributed by atoms with Crippen LogP contribution in [0.3, 0.4) is 0 Å². The van der Waals surface area contributed by atoms with Gasteiger partial charge in [0, 0.05) is 6.42 Å². The Morgan fingerprint density at radius 2 is 1.87 bits per heavy atom. The molecule has 1 aliphatic rings. The van der Waals surface area contributed by atoms with Crippen LogP contribution in [0.25, 0.3) is 11.0 Å². The molecule has 5 rings (SSSR count). The number of fused-ring (bicyclic) bond motifs is 2. The van der Waals surface area contributed by atoms with Gasteiger partial charge < -0.3 is 9.47 Å². The summed E-state index contributed by atoms with van der Waals surface area (Å²) in [6, 6.07) is 9.95. The van der Waals surface area contributed by atoms with Crippen LogP contribution in [0.15, 0.2) is 46.7 Å². The molecule has 4 aromatic rings. The highest BCUT2D eigenvalue weighted by Gasteiger charge is 2.25. The normalized spacial score (nSPS) is 12.9. The number of ketones is 1. The summed E-state index contributed by atoms with van der Waals surface area (Å²) in [6.45, 7) is 2.02. The van der Waals surface area contributed by atoms with Crippen LogP contribution in [0.2, 0.25) is 0 Å². The van der Waals surface area contributed by atoms with Gasteiger partial charge in [-0.05, 0) is 59.8 Å². The Labute approximate surface area is 185 Å².